The number of carbonyl (C=O) groups is 1. The standard InChI is InChI=1S/C18H28N2O3/c1-18(2,3)23-16-11-6-5-9-14(16)19-17(22)20(4)12-13-8-7-10-15(13)21/h5-6,9,11,13,15,21H,7-8,10,12H2,1-4H3,(H,19,22). The number of ether oxygens (including phenoxy) is 1. The molecule has 1 fully saturated rings. The summed E-state index contributed by atoms with van der Waals surface area (Å²) in [5.74, 6) is 0.828. The second-order valence-electron chi connectivity index (χ2n) is 7.28. The van der Waals surface area contributed by atoms with Gasteiger partial charge in [-0.25, -0.2) is 4.79 Å². The topological polar surface area (TPSA) is 61.8 Å². The molecule has 128 valence electrons. The highest BCUT2D eigenvalue weighted by molar-refractivity contribution is 5.90. The van der Waals surface area contributed by atoms with Crippen LogP contribution in [0.15, 0.2) is 24.3 Å². The maximum atomic E-state index is 12.4. The Hall–Kier alpha value is -1.75. The molecule has 1 saturated carbocycles. The summed E-state index contributed by atoms with van der Waals surface area (Å²) >= 11 is 0. The fourth-order valence-corrected chi connectivity index (χ4v) is 2.86. The molecule has 0 spiro atoms. The van der Waals surface area contributed by atoms with Gasteiger partial charge >= 0.3 is 6.03 Å². The Morgan fingerprint density at radius 2 is 2.04 bits per heavy atom. The predicted molar refractivity (Wildman–Crippen MR) is 91.8 cm³/mol. The molecule has 2 rings (SSSR count). The van der Waals surface area contributed by atoms with Gasteiger partial charge in [-0.3, -0.25) is 0 Å². The fourth-order valence-electron chi connectivity index (χ4n) is 2.86. The van der Waals surface area contributed by atoms with Crippen molar-refractivity contribution in [3.8, 4) is 5.75 Å². The van der Waals surface area contributed by atoms with Gasteiger partial charge in [0.1, 0.15) is 11.4 Å². The first-order valence-corrected chi connectivity index (χ1v) is 8.24. The first kappa shape index (κ1) is 17.6. The van der Waals surface area contributed by atoms with E-state index in [2.05, 4.69) is 5.32 Å². The van der Waals surface area contributed by atoms with Gasteiger partial charge in [0, 0.05) is 19.5 Å². The first-order chi connectivity index (χ1) is 10.8. The molecule has 0 radical (unpaired) electrons. The Kier molecular flexibility index (Phi) is 5.52. The normalized spacial score (nSPS) is 21.1. The van der Waals surface area contributed by atoms with E-state index >= 15 is 0 Å². The van der Waals surface area contributed by atoms with E-state index in [0.717, 1.165) is 19.3 Å². The minimum absolute atomic E-state index is 0.173. The van der Waals surface area contributed by atoms with Crippen LogP contribution < -0.4 is 10.1 Å². The molecule has 5 heteroatoms. The summed E-state index contributed by atoms with van der Waals surface area (Å²) in [4.78, 5) is 14.0. The van der Waals surface area contributed by atoms with Gasteiger partial charge in [-0.05, 0) is 45.7 Å². The quantitative estimate of drug-likeness (QED) is 0.892. The summed E-state index contributed by atoms with van der Waals surface area (Å²) < 4.78 is 5.89. The molecule has 0 aliphatic heterocycles. The Labute approximate surface area is 138 Å². The van der Waals surface area contributed by atoms with Gasteiger partial charge in [0.2, 0.25) is 0 Å². The molecule has 23 heavy (non-hydrogen) atoms. The molecular weight excluding hydrogens is 292 g/mol. The average Bonchev–Trinajstić information content (AvgIpc) is 2.85. The van der Waals surface area contributed by atoms with E-state index in [-0.39, 0.29) is 23.7 Å². The number of benzene rings is 1. The van der Waals surface area contributed by atoms with Gasteiger partial charge in [0.05, 0.1) is 11.8 Å². The van der Waals surface area contributed by atoms with E-state index in [1.54, 1.807) is 11.9 Å². The van der Waals surface area contributed by atoms with Crippen molar-refractivity contribution in [2.24, 2.45) is 5.92 Å². The second kappa shape index (κ2) is 7.21. The van der Waals surface area contributed by atoms with Crippen LogP contribution in [0.5, 0.6) is 5.75 Å². The smallest absolute Gasteiger partial charge is 0.321 e. The molecule has 2 N–H and O–H groups in total. The van der Waals surface area contributed by atoms with Crippen LogP contribution in [0.3, 0.4) is 0 Å². The third kappa shape index (κ3) is 5.13. The molecule has 0 saturated heterocycles. The lowest BCUT2D eigenvalue weighted by Crippen LogP contribution is -2.37. The Bertz CT molecular complexity index is 539. The van der Waals surface area contributed by atoms with Gasteiger partial charge in [-0.2, -0.15) is 0 Å². The van der Waals surface area contributed by atoms with Crippen molar-refractivity contribution in [3.63, 3.8) is 0 Å². The van der Waals surface area contributed by atoms with Crippen molar-refractivity contribution in [3.05, 3.63) is 24.3 Å². The molecule has 2 amide bonds. The largest absolute Gasteiger partial charge is 0.486 e. The number of anilines is 1. The summed E-state index contributed by atoms with van der Waals surface area (Å²) in [5.41, 5.74) is 0.326. The molecule has 1 aromatic carbocycles. The number of aliphatic hydroxyl groups is 1. The maximum absolute atomic E-state index is 12.4. The minimum atomic E-state index is -0.333. The van der Waals surface area contributed by atoms with Crippen LogP contribution in [0.4, 0.5) is 10.5 Å². The number of urea groups is 1. The third-order valence-electron chi connectivity index (χ3n) is 4.02. The summed E-state index contributed by atoms with van der Waals surface area (Å²) in [5, 5.41) is 12.8. The average molecular weight is 320 g/mol. The summed E-state index contributed by atoms with van der Waals surface area (Å²) in [6.45, 7) is 6.48. The lowest BCUT2D eigenvalue weighted by Gasteiger charge is -2.26. The number of aliphatic hydroxyl groups excluding tert-OH is 1. The lowest BCUT2D eigenvalue weighted by molar-refractivity contribution is 0.115. The van der Waals surface area contributed by atoms with Crippen molar-refractivity contribution in [2.45, 2.75) is 51.7 Å². The minimum Gasteiger partial charge on any atom is -0.486 e. The zero-order valence-corrected chi connectivity index (χ0v) is 14.5. The third-order valence-corrected chi connectivity index (χ3v) is 4.02. The zero-order valence-electron chi connectivity index (χ0n) is 14.5. The molecule has 0 aromatic heterocycles. The number of nitrogens with zero attached hydrogens (tertiary/aromatic N) is 1. The first-order valence-electron chi connectivity index (χ1n) is 8.24. The molecule has 1 aromatic rings. The van der Waals surface area contributed by atoms with E-state index in [0.29, 0.717) is 18.0 Å². The SMILES string of the molecule is CN(CC1CCCC1O)C(=O)Nc1ccccc1OC(C)(C)C. The Morgan fingerprint density at radius 3 is 2.65 bits per heavy atom. The van der Waals surface area contributed by atoms with Crippen molar-refractivity contribution < 1.29 is 14.6 Å². The number of para-hydroxylation sites is 2. The lowest BCUT2D eigenvalue weighted by atomic mass is 10.1. The predicted octanol–water partition coefficient (Wildman–Crippen LogP) is 3.49. The van der Waals surface area contributed by atoms with E-state index in [9.17, 15) is 9.90 Å². The van der Waals surface area contributed by atoms with Gasteiger partial charge in [-0.15, -0.1) is 0 Å². The second-order valence-corrected chi connectivity index (χ2v) is 7.28. The molecule has 5 nitrogen and oxygen atoms in total. The van der Waals surface area contributed by atoms with E-state index < -0.39 is 0 Å². The molecule has 0 bridgehead atoms. The number of hydrogen-bond donors (Lipinski definition) is 2. The van der Waals surface area contributed by atoms with Crippen LogP contribution in [0, 0.1) is 5.92 Å². The summed E-state index contributed by atoms with van der Waals surface area (Å²) in [7, 11) is 1.76. The van der Waals surface area contributed by atoms with Crippen LogP contribution in [-0.2, 0) is 0 Å². The van der Waals surface area contributed by atoms with Gasteiger partial charge in [-0.1, -0.05) is 18.6 Å². The van der Waals surface area contributed by atoms with Crippen molar-refractivity contribution in [1.29, 1.82) is 0 Å². The number of carbonyl (C=O) groups excluding carboxylic acids is 1. The highest BCUT2D eigenvalue weighted by atomic mass is 16.5. The van der Waals surface area contributed by atoms with Crippen molar-refractivity contribution in [1.82, 2.24) is 4.90 Å². The van der Waals surface area contributed by atoms with Crippen LogP contribution in [0.25, 0.3) is 0 Å². The fraction of sp³-hybridized carbons (Fsp3) is 0.611. The van der Waals surface area contributed by atoms with Crippen LogP contribution >= 0.6 is 0 Å². The molecule has 1 aliphatic rings. The van der Waals surface area contributed by atoms with Crippen molar-refractivity contribution >= 4 is 11.7 Å². The zero-order chi connectivity index (χ0) is 17.0. The van der Waals surface area contributed by atoms with Crippen molar-refractivity contribution in [2.75, 3.05) is 18.9 Å². The number of amides is 2. The summed E-state index contributed by atoms with van der Waals surface area (Å²) in [6.07, 6.45) is 2.55. The van der Waals surface area contributed by atoms with E-state index in [4.69, 9.17) is 4.74 Å². The maximum Gasteiger partial charge on any atom is 0.321 e. The number of nitrogens with one attached hydrogen (secondary N) is 1. The molecule has 2 unspecified atom stereocenters. The number of hydrogen-bond acceptors (Lipinski definition) is 3. The van der Waals surface area contributed by atoms with Gasteiger partial charge in [0.15, 0.2) is 0 Å². The Morgan fingerprint density at radius 1 is 1.35 bits per heavy atom. The monoisotopic (exact) mass is 320 g/mol. The van der Waals surface area contributed by atoms with E-state index in [1.807, 2.05) is 45.0 Å². The Balaban J connectivity index is 1.99. The highest BCUT2D eigenvalue weighted by Gasteiger charge is 2.27. The van der Waals surface area contributed by atoms with E-state index in [1.165, 1.54) is 0 Å². The van der Waals surface area contributed by atoms with Gasteiger partial charge in [0.25, 0.3) is 0 Å². The molecule has 1 aliphatic carbocycles. The summed E-state index contributed by atoms with van der Waals surface area (Å²) in [6, 6.07) is 7.24. The molecule has 2 atom stereocenters. The van der Waals surface area contributed by atoms with Gasteiger partial charge < -0.3 is 20.1 Å². The van der Waals surface area contributed by atoms with Crippen LogP contribution in [0.1, 0.15) is 40.0 Å². The highest BCUT2D eigenvalue weighted by Crippen LogP contribution is 2.29. The number of rotatable bonds is 4. The van der Waals surface area contributed by atoms with Crippen LogP contribution in [0.2, 0.25) is 0 Å². The molecular formula is C18H28N2O3. The molecule has 0 heterocycles. The van der Waals surface area contributed by atoms with Crippen LogP contribution in [-0.4, -0.2) is 41.3 Å².